The molecule has 0 amide bonds. The topological polar surface area (TPSA) is 32.3 Å². The van der Waals surface area contributed by atoms with Crippen molar-refractivity contribution in [2.24, 2.45) is 0 Å². The quantitative estimate of drug-likeness (QED) is 0.346. The lowest BCUT2D eigenvalue weighted by molar-refractivity contribution is -0.103. The van der Waals surface area contributed by atoms with Crippen LogP contribution in [-0.2, 0) is 4.79 Å². The Labute approximate surface area is 60.4 Å². The second-order valence-electron chi connectivity index (χ2n) is 2.11. The Morgan fingerprint density at radius 1 is 1.40 bits per heavy atom. The second-order valence-corrected chi connectivity index (χ2v) is 2.11. The smallest absolute Gasteiger partial charge is 0.194 e. The molecule has 0 atom stereocenters. The van der Waals surface area contributed by atoms with Crippen LogP contribution in [-0.4, -0.2) is 37.4 Å². The first-order chi connectivity index (χ1) is 4.93. The van der Waals surface area contributed by atoms with Crippen molar-refractivity contribution >= 4 is 6.29 Å². The number of piperazine rings is 1. The van der Waals surface area contributed by atoms with Crippen LogP contribution in [0.3, 0.4) is 0 Å². The van der Waals surface area contributed by atoms with E-state index in [2.05, 4.69) is 17.3 Å². The van der Waals surface area contributed by atoms with E-state index in [0.29, 0.717) is 6.29 Å². The Morgan fingerprint density at radius 2 is 2.10 bits per heavy atom. The van der Waals surface area contributed by atoms with Gasteiger partial charge in [0.25, 0.3) is 0 Å². The Bertz CT molecular complexity index is 162. The number of rotatable bonds is 0. The van der Waals surface area contributed by atoms with Crippen LogP contribution in [0, 0.1) is 12.0 Å². The zero-order valence-corrected chi connectivity index (χ0v) is 5.76. The van der Waals surface area contributed by atoms with Gasteiger partial charge in [-0.2, -0.15) is 0 Å². The van der Waals surface area contributed by atoms with Gasteiger partial charge in [0.2, 0.25) is 0 Å². The van der Waals surface area contributed by atoms with Crippen LogP contribution in [0.2, 0.25) is 0 Å². The van der Waals surface area contributed by atoms with Crippen molar-refractivity contribution in [1.82, 2.24) is 10.2 Å². The van der Waals surface area contributed by atoms with Gasteiger partial charge in [0.1, 0.15) is 0 Å². The molecule has 1 aliphatic rings. The first-order valence-electron chi connectivity index (χ1n) is 3.34. The molecule has 0 saturated carbocycles. The minimum atomic E-state index is 0.627. The molecule has 0 aromatic heterocycles. The zero-order chi connectivity index (χ0) is 7.23. The van der Waals surface area contributed by atoms with E-state index in [1.54, 1.807) is 0 Å². The van der Waals surface area contributed by atoms with Crippen molar-refractivity contribution < 1.29 is 4.79 Å². The Hall–Kier alpha value is -1.01. The van der Waals surface area contributed by atoms with Gasteiger partial charge in [0.05, 0.1) is 0 Å². The third-order valence-corrected chi connectivity index (χ3v) is 1.40. The van der Waals surface area contributed by atoms with Crippen LogP contribution >= 0.6 is 0 Å². The van der Waals surface area contributed by atoms with Crippen molar-refractivity contribution in [3.8, 4) is 12.0 Å². The second kappa shape index (κ2) is 3.91. The number of aldehydes is 1. The molecule has 3 heteroatoms. The highest BCUT2D eigenvalue weighted by molar-refractivity contribution is 5.72. The van der Waals surface area contributed by atoms with E-state index in [0.717, 1.165) is 26.2 Å². The SMILES string of the molecule is O=CC#CN1CCNCC1. The van der Waals surface area contributed by atoms with Gasteiger partial charge < -0.3 is 10.2 Å². The highest BCUT2D eigenvalue weighted by Crippen LogP contribution is 1.86. The van der Waals surface area contributed by atoms with Crippen LogP contribution in [0.15, 0.2) is 0 Å². The molecule has 0 bridgehead atoms. The molecule has 1 N–H and O–H groups in total. The summed E-state index contributed by atoms with van der Waals surface area (Å²) in [5.41, 5.74) is 0. The summed E-state index contributed by atoms with van der Waals surface area (Å²) >= 11 is 0. The van der Waals surface area contributed by atoms with Gasteiger partial charge in [0.15, 0.2) is 6.29 Å². The minimum Gasteiger partial charge on any atom is -0.330 e. The molecule has 54 valence electrons. The van der Waals surface area contributed by atoms with E-state index in [4.69, 9.17) is 0 Å². The van der Waals surface area contributed by atoms with E-state index in [1.807, 2.05) is 4.90 Å². The van der Waals surface area contributed by atoms with Crippen molar-refractivity contribution in [3.63, 3.8) is 0 Å². The summed E-state index contributed by atoms with van der Waals surface area (Å²) in [6.45, 7) is 3.77. The van der Waals surface area contributed by atoms with Gasteiger partial charge in [-0.1, -0.05) is 0 Å². The lowest BCUT2D eigenvalue weighted by Gasteiger charge is -2.22. The average molecular weight is 138 g/mol. The molecular weight excluding hydrogens is 128 g/mol. The summed E-state index contributed by atoms with van der Waals surface area (Å²) < 4.78 is 0. The van der Waals surface area contributed by atoms with Crippen LogP contribution in [0.4, 0.5) is 0 Å². The van der Waals surface area contributed by atoms with E-state index in [-0.39, 0.29) is 0 Å². The molecule has 0 aliphatic carbocycles. The van der Waals surface area contributed by atoms with Crippen LogP contribution in [0.1, 0.15) is 0 Å². The van der Waals surface area contributed by atoms with E-state index < -0.39 is 0 Å². The monoisotopic (exact) mass is 138 g/mol. The van der Waals surface area contributed by atoms with Gasteiger partial charge in [-0.05, 0) is 5.92 Å². The summed E-state index contributed by atoms with van der Waals surface area (Å²) in [6, 6.07) is 2.75. The van der Waals surface area contributed by atoms with Crippen LogP contribution < -0.4 is 5.32 Å². The fourth-order valence-electron chi connectivity index (χ4n) is 0.894. The fourth-order valence-corrected chi connectivity index (χ4v) is 0.894. The van der Waals surface area contributed by atoms with E-state index in [9.17, 15) is 4.79 Å². The van der Waals surface area contributed by atoms with Gasteiger partial charge in [-0.25, -0.2) is 0 Å². The lowest BCUT2D eigenvalue weighted by Crippen LogP contribution is -2.40. The number of hydrogen-bond donors (Lipinski definition) is 1. The first kappa shape index (κ1) is 7.10. The normalized spacial score (nSPS) is 17.4. The zero-order valence-electron chi connectivity index (χ0n) is 5.76. The van der Waals surface area contributed by atoms with E-state index >= 15 is 0 Å². The number of nitrogens with zero attached hydrogens (tertiary/aromatic N) is 1. The van der Waals surface area contributed by atoms with Crippen LogP contribution in [0.25, 0.3) is 0 Å². The third kappa shape index (κ3) is 2.08. The maximum Gasteiger partial charge on any atom is 0.194 e. The molecule has 0 aromatic carbocycles. The average Bonchev–Trinajstić information content (AvgIpc) is 2.03. The van der Waals surface area contributed by atoms with Crippen molar-refractivity contribution in [3.05, 3.63) is 0 Å². The summed E-state index contributed by atoms with van der Waals surface area (Å²) in [5.74, 6) is 2.39. The van der Waals surface area contributed by atoms with Gasteiger partial charge in [-0.15, -0.1) is 0 Å². The Kier molecular flexibility index (Phi) is 2.78. The van der Waals surface area contributed by atoms with Gasteiger partial charge in [-0.3, -0.25) is 4.79 Å². The fraction of sp³-hybridized carbons (Fsp3) is 0.571. The number of carbonyl (C=O) groups excluding carboxylic acids is 1. The largest absolute Gasteiger partial charge is 0.330 e. The third-order valence-electron chi connectivity index (χ3n) is 1.40. The highest BCUT2D eigenvalue weighted by Gasteiger charge is 2.03. The van der Waals surface area contributed by atoms with Crippen molar-refractivity contribution in [2.75, 3.05) is 26.2 Å². The summed E-state index contributed by atoms with van der Waals surface area (Å²) in [4.78, 5) is 11.8. The predicted molar refractivity (Wildman–Crippen MR) is 38.3 cm³/mol. The van der Waals surface area contributed by atoms with Gasteiger partial charge in [0, 0.05) is 32.2 Å². The molecule has 0 spiro atoms. The molecule has 3 nitrogen and oxygen atoms in total. The Balaban J connectivity index is 2.32. The van der Waals surface area contributed by atoms with Crippen molar-refractivity contribution in [1.29, 1.82) is 0 Å². The highest BCUT2D eigenvalue weighted by atomic mass is 16.1. The number of hydrogen-bond acceptors (Lipinski definition) is 3. The molecule has 0 aromatic rings. The van der Waals surface area contributed by atoms with Crippen LogP contribution in [0.5, 0.6) is 0 Å². The molecule has 1 heterocycles. The number of carbonyl (C=O) groups is 1. The molecule has 0 unspecified atom stereocenters. The molecule has 1 fully saturated rings. The number of nitrogens with one attached hydrogen (secondary N) is 1. The molecule has 1 rings (SSSR count). The molecule has 1 saturated heterocycles. The van der Waals surface area contributed by atoms with Gasteiger partial charge >= 0.3 is 0 Å². The first-order valence-corrected chi connectivity index (χ1v) is 3.34. The van der Waals surface area contributed by atoms with Crippen molar-refractivity contribution in [2.45, 2.75) is 0 Å². The Morgan fingerprint density at radius 3 is 2.70 bits per heavy atom. The molecule has 0 radical (unpaired) electrons. The maximum atomic E-state index is 9.83. The molecule has 10 heavy (non-hydrogen) atoms. The minimum absolute atomic E-state index is 0.627. The molecule has 1 aliphatic heterocycles. The molecular formula is C7H10N2O. The van der Waals surface area contributed by atoms with E-state index in [1.165, 1.54) is 0 Å². The summed E-state index contributed by atoms with van der Waals surface area (Å²) in [7, 11) is 0. The lowest BCUT2D eigenvalue weighted by atomic mass is 10.4. The standard InChI is InChI=1S/C7H10N2O/c10-7-1-4-9-5-2-8-3-6-9/h7-8H,2-3,5-6H2. The predicted octanol–water partition coefficient (Wildman–Crippen LogP) is -0.949. The summed E-state index contributed by atoms with van der Waals surface area (Å²) in [5, 5.41) is 3.19. The maximum absolute atomic E-state index is 9.83. The summed E-state index contributed by atoms with van der Waals surface area (Å²) in [6.07, 6.45) is 0.627.